The molecule has 1 unspecified atom stereocenters. The molecule has 8 heteroatoms. The molecular formula is C25H45O7P. The van der Waals surface area contributed by atoms with Gasteiger partial charge >= 0.3 is 13.8 Å². The van der Waals surface area contributed by atoms with E-state index < -0.39 is 33.1 Å². The lowest BCUT2D eigenvalue weighted by Crippen LogP contribution is -2.22. The summed E-state index contributed by atoms with van der Waals surface area (Å²) < 4.78 is 19.4. The van der Waals surface area contributed by atoms with Crippen molar-refractivity contribution in [3.8, 4) is 0 Å². The number of ether oxygens (including phenoxy) is 1. The average molecular weight is 489 g/mol. The number of carbonyl (C=O) groups excluding carboxylic acids is 1. The van der Waals surface area contributed by atoms with Crippen LogP contribution in [-0.2, 0) is 18.6 Å². The molecule has 3 N–H and O–H groups in total. The van der Waals surface area contributed by atoms with Gasteiger partial charge in [-0.2, -0.15) is 0 Å². The van der Waals surface area contributed by atoms with Crippen molar-refractivity contribution in [1.82, 2.24) is 0 Å². The highest BCUT2D eigenvalue weighted by Gasteiger charge is 2.17. The Kier molecular flexibility index (Phi) is 21.7. The lowest BCUT2D eigenvalue weighted by Gasteiger charge is -2.11. The zero-order valence-electron chi connectivity index (χ0n) is 20.3. The molecule has 1 atom stereocenters. The smallest absolute Gasteiger partial charge is 0.460 e. The fourth-order valence-electron chi connectivity index (χ4n) is 3.17. The number of carbonyl (C=O) groups is 1. The van der Waals surface area contributed by atoms with Gasteiger partial charge in [0.05, 0.1) is 6.61 Å². The van der Waals surface area contributed by atoms with Crippen molar-refractivity contribution in [3.05, 3.63) is 36.5 Å². The third-order valence-electron chi connectivity index (χ3n) is 5.03. The van der Waals surface area contributed by atoms with Crippen molar-refractivity contribution in [2.24, 2.45) is 0 Å². The van der Waals surface area contributed by atoms with Crippen molar-refractivity contribution in [2.45, 2.75) is 103 Å². The summed E-state index contributed by atoms with van der Waals surface area (Å²) in [6.07, 6.45) is 27.6. The number of esters is 1. The first-order valence-corrected chi connectivity index (χ1v) is 13.9. The second kappa shape index (κ2) is 22.5. The van der Waals surface area contributed by atoms with E-state index in [-0.39, 0.29) is 0 Å². The van der Waals surface area contributed by atoms with Crippen LogP contribution in [0.2, 0.25) is 0 Å². The maximum atomic E-state index is 11.5. The van der Waals surface area contributed by atoms with Gasteiger partial charge in [0.1, 0.15) is 12.7 Å². The molecular weight excluding hydrogens is 443 g/mol. The van der Waals surface area contributed by atoms with Crippen LogP contribution in [0, 0.1) is 0 Å². The van der Waals surface area contributed by atoms with Gasteiger partial charge in [-0.1, -0.05) is 114 Å². The van der Waals surface area contributed by atoms with E-state index in [0.29, 0.717) is 0 Å². The molecule has 0 spiro atoms. The molecule has 0 fully saturated rings. The minimum Gasteiger partial charge on any atom is -0.460 e. The van der Waals surface area contributed by atoms with Gasteiger partial charge in [-0.05, 0) is 12.8 Å². The average Bonchev–Trinajstić information content (AvgIpc) is 2.77. The number of hydrogen-bond acceptors (Lipinski definition) is 5. The van der Waals surface area contributed by atoms with Crippen molar-refractivity contribution in [3.63, 3.8) is 0 Å². The second-order valence-corrected chi connectivity index (χ2v) is 9.51. The maximum absolute atomic E-state index is 11.5. The van der Waals surface area contributed by atoms with Crippen LogP contribution < -0.4 is 0 Å². The molecule has 0 aliphatic carbocycles. The number of phosphoric ester groups is 1. The first-order chi connectivity index (χ1) is 15.8. The summed E-state index contributed by atoms with van der Waals surface area (Å²) in [6, 6.07) is 0. The van der Waals surface area contributed by atoms with Crippen molar-refractivity contribution >= 4 is 13.8 Å². The van der Waals surface area contributed by atoms with Crippen molar-refractivity contribution < 1.29 is 33.5 Å². The normalized spacial score (nSPS) is 13.5. The first-order valence-electron chi connectivity index (χ1n) is 12.4. The highest BCUT2D eigenvalue weighted by Crippen LogP contribution is 2.35. The van der Waals surface area contributed by atoms with Gasteiger partial charge in [0.25, 0.3) is 0 Å². The Balaban J connectivity index is 3.52. The lowest BCUT2D eigenvalue weighted by atomic mass is 10.0. The van der Waals surface area contributed by atoms with E-state index in [1.165, 1.54) is 95.6 Å². The summed E-state index contributed by atoms with van der Waals surface area (Å²) in [6.45, 7) is 1.23. The maximum Gasteiger partial charge on any atom is 0.469 e. The molecule has 0 rings (SSSR count). The van der Waals surface area contributed by atoms with Crippen molar-refractivity contribution in [2.75, 3.05) is 13.2 Å². The fraction of sp³-hybridized carbons (Fsp3) is 0.720. The number of allylic oxidation sites excluding steroid dienone is 5. The molecule has 0 aromatic carbocycles. The summed E-state index contributed by atoms with van der Waals surface area (Å²) in [5, 5.41) is 9.40. The zero-order chi connectivity index (χ0) is 24.6. The van der Waals surface area contributed by atoms with Gasteiger partial charge in [0.2, 0.25) is 0 Å². The van der Waals surface area contributed by atoms with E-state index in [1.54, 1.807) is 6.08 Å². The van der Waals surface area contributed by atoms with Gasteiger partial charge in [0.15, 0.2) is 0 Å². The van der Waals surface area contributed by atoms with Crippen LogP contribution in [0.25, 0.3) is 0 Å². The highest BCUT2D eigenvalue weighted by atomic mass is 31.2. The van der Waals surface area contributed by atoms with Crippen LogP contribution in [0.4, 0.5) is 0 Å². The Morgan fingerprint density at radius 1 is 0.788 bits per heavy atom. The quantitative estimate of drug-likeness (QED) is 0.0551. The molecule has 33 heavy (non-hydrogen) atoms. The number of hydrogen-bond donors (Lipinski definition) is 3. The van der Waals surface area contributed by atoms with Crippen molar-refractivity contribution in [1.29, 1.82) is 0 Å². The van der Waals surface area contributed by atoms with Gasteiger partial charge in [-0.15, -0.1) is 0 Å². The Morgan fingerprint density at radius 2 is 1.30 bits per heavy atom. The summed E-state index contributed by atoms with van der Waals surface area (Å²) in [7, 11) is -4.65. The fourth-order valence-corrected chi connectivity index (χ4v) is 3.54. The molecule has 0 heterocycles. The van der Waals surface area contributed by atoms with Crippen LogP contribution in [-0.4, -0.2) is 40.2 Å². The second-order valence-electron chi connectivity index (χ2n) is 8.27. The summed E-state index contributed by atoms with van der Waals surface area (Å²) in [4.78, 5) is 28.5. The van der Waals surface area contributed by atoms with Gasteiger partial charge in [-0.25, -0.2) is 9.36 Å². The Morgan fingerprint density at radius 3 is 1.85 bits per heavy atom. The molecule has 0 aliphatic rings. The molecule has 0 amide bonds. The van der Waals surface area contributed by atoms with Crippen LogP contribution >= 0.6 is 7.82 Å². The monoisotopic (exact) mass is 488 g/mol. The lowest BCUT2D eigenvalue weighted by molar-refractivity contribution is -0.141. The van der Waals surface area contributed by atoms with E-state index in [2.05, 4.69) is 17.5 Å². The molecule has 0 bridgehead atoms. The SMILES string of the molecule is CCCCCCCCCCCCCCC/C=C/C=C/C=C/C(=O)OCC(O)COP(=O)(O)O. The number of unbranched alkanes of at least 4 members (excludes halogenated alkanes) is 13. The van der Waals surface area contributed by atoms with Crippen LogP contribution in [0.15, 0.2) is 36.5 Å². The molecule has 192 valence electrons. The summed E-state index contributed by atoms with van der Waals surface area (Å²) in [5.74, 6) is -0.661. The number of aliphatic hydroxyl groups excluding tert-OH is 1. The number of phosphoric acid groups is 1. The van der Waals surface area contributed by atoms with Gasteiger partial charge in [0, 0.05) is 6.08 Å². The Bertz CT molecular complexity index is 596. The number of aliphatic hydroxyl groups is 1. The molecule has 0 saturated carbocycles. The molecule has 0 saturated heterocycles. The predicted molar refractivity (Wildman–Crippen MR) is 133 cm³/mol. The topological polar surface area (TPSA) is 113 Å². The van der Waals surface area contributed by atoms with Gasteiger partial charge < -0.3 is 19.6 Å². The molecule has 0 aromatic heterocycles. The first kappa shape index (κ1) is 31.8. The minimum atomic E-state index is -4.65. The van der Waals surface area contributed by atoms with E-state index in [9.17, 15) is 14.5 Å². The largest absolute Gasteiger partial charge is 0.469 e. The van der Waals surface area contributed by atoms with Crippen LogP contribution in [0.1, 0.15) is 96.8 Å². The zero-order valence-corrected chi connectivity index (χ0v) is 21.2. The van der Waals surface area contributed by atoms with Gasteiger partial charge in [-0.3, -0.25) is 4.52 Å². The van der Waals surface area contributed by atoms with Crippen LogP contribution in [0.3, 0.4) is 0 Å². The minimum absolute atomic E-state index is 0.411. The molecule has 0 aromatic rings. The van der Waals surface area contributed by atoms with E-state index in [1.807, 2.05) is 12.2 Å². The Labute approximate surface area is 200 Å². The predicted octanol–water partition coefficient (Wildman–Crippen LogP) is 6.15. The summed E-state index contributed by atoms with van der Waals surface area (Å²) >= 11 is 0. The summed E-state index contributed by atoms with van der Waals surface area (Å²) in [5.41, 5.74) is 0. The standard InChI is InChI=1S/C25H45O7P/c1-2-3-4-5-6-7-8-9-10-11-12-13-14-15-16-17-18-19-20-21-25(27)31-22-24(26)23-32-33(28,29)30/h16-21,24,26H,2-15,22-23H2,1H3,(H2,28,29,30)/b17-16+,19-18+,21-20+. The number of rotatable bonds is 22. The van der Waals surface area contributed by atoms with E-state index in [4.69, 9.17) is 14.5 Å². The Hall–Kier alpha value is -1.24. The van der Waals surface area contributed by atoms with E-state index >= 15 is 0 Å². The third-order valence-corrected chi connectivity index (χ3v) is 5.51. The third kappa shape index (κ3) is 26.9. The molecule has 7 nitrogen and oxygen atoms in total. The molecule has 0 radical (unpaired) electrons. The molecule has 0 aliphatic heterocycles. The van der Waals surface area contributed by atoms with Crippen LogP contribution in [0.5, 0.6) is 0 Å². The highest BCUT2D eigenvalue weighted by molar-refractivity contribution is 7.46. The van der Waals surface area contributed by atoms with E-state index in [0.717, 1.165) is 6.42 Å².